The summed E-state index contributed by atoms with van der Waals surface area (Å²) in [5, 5.41) is 0. The molecule has 1 saturated carbocycles. The Labute approximate surface area is 136 Å². The first-order valence-corrected chi connectivity index (χ1v) is 8.37. The highest BCUT2D eigenvalue weighted by Gasteiger charge is 2.21. The Morgan fingerprint density at radius 2 is 1.39 bits per heavy atom. The average Bonchev–Trinajstić information content (AvgIpc) is 2.61. The second-order valence-electron chi connectivity index (χ2n) is 6.44. The predicted octanol–water partition coefficient (Wildman–Crippen LogP) is 6.64. The average molecular weight is 312 g/mol. The van der Waals surface area contributed by atoms with Crippen LogP contribution in [0, 0.1) is 11.7 Å². The first kappa shape index (κ1) is 15.9. The number of allylic oxidation sites excluding steroid dienone is 1. The topological polar surface area (TPSA) is 0 Å². The van der Waals surface area contributed by atoms with Crippen LogP contribution in [0.4, 0.5) is 8.78 Å². The second-order valence-corrected chi connectivity index (χ2v) is 6.44. The fourth-order valence-electron chi connectivity index (χ4n) is 3.57. The van der Waals surface area contributed by atoms with E-state index in [1.165, 1.54) is 43.4 Å². The summed E-state index contributed by atoms with van der Waals surface area (Å²) in [6.45, 7) is 0. The Morgan fingerprint density at radius 3 is 1.96 bits per heavy atom. The van der Waals surface area contributed by atoms with Gasteiger partial charge in [0.05, 0.1) is 6.33 Å². The van der Waals surface area contributed by atoms with Gasteiger partial charge in [-0.25, -0.2) is 8.78 Å². The van der Waals surface area contributed by atoms with Gasteiger partial charge in [-0.05, 0) is 72.8 Å². The van der Waals surface area contributed by atoms with Crippen molar-refractivity contribution in [3.05, 3.63) is 72.3 Å². The molecule has 23 heavy (non-hydrogen) atoms. The van der Waals surface area contributed by atoms with Crippen molar-refractivity contribution in [2.75, 3.05) is 0 Å². The zero-order valence-electron chi connectivity index (χ0n) is 13.2. The van der Waals surface area contributed by atoms with Crippen LogP contribution in [0.5, 0.6) is 0 Å². The van der Waals surface area contributed by atoms with Gasteiger partial charge < -0.3 is 0 Å². The molecule has 0 aromatic heterocycles. The lowest BCUT2D eigenvalue weighted by atomic mass is 9.77. The quantitative estimate of drug-likeness (QED) is 0.593. The predicted molar refractivity (Wildman–Crippen MR) is 91.4 cm³/mol. The van der Waals surface area contributed by atoms with Crippen molar-refractivity contribution in [3.8, 4) is 11.1 Å². The molecule has 0 heterocycles. The van der Waals surface area contributed by atoms with E-state index in [0.29, 0.717) is 18.2 Å². The van der Waals surface area contributed by atoms with E-state index in [2.05, 4.69) is 24.3 Å². The third kappa shape index (κ3) is 4.07. The van der Waals surface area contributed by atoms with Crippen molar-refractivity contribution in [1.82, 2.24) is 0 Å². The van der Waals surface area contributed by atoms with E-state index in [9.17, 15) is 8.78 Å². The SMILES string of the molecule is FC=CCC1CCC(c2ccc(-c3ccc(F)cc3)cc2)CC1. The maximum absolute atomic E-state index is 13.0. The van der Waals surface area contributed by atoms with Crippen molar-refractivity contribution in [2.24, 2.45) is 5.92 Å². The van der Waals surface area contributed by atoms with Crippen LogP contribution >= 0.6 is 0 Å². The summed E-state index contributed by atoms with van der Waals surface area (Å²) in [6.07, 6.45) is 7.89. The molecule has 0 amide bonds. The zero-order chi connectivity index (χ0) is 16.1. The molecule has 120 valence electrons. The van der Waals surface area contributed by atoms with Crippen LogP contribution < -0.4 is 0 Å². The van der Waals surface area contributed by atoms with E-state index in [1.54, 1.807) is 6.08 Å². The highest BCUT2D eigenvalue weighted by atomic mass is 19.1. The zero-order valence-corrected chi connectivity index (χ0v) is 13.2. The molecule has 3 rings (SSSR count). The fraction of sp³-hybridized carbons (Fsp3) is 0.333. The largest absolute Gasteiger partial charge is 0.216 e. The van der Waals surface area contributed by atoms with Gasteiger partial charge in [0, 0.05) is 0 Å². The van der Waals surface area contributed by atoms with Gasteiger partial charge >= 0.3 is 0 Å². The number of benzene rings is 2. The summed E-state index contributed by atoms with van der Waals surface area (Å²) in [7, 11) is 0. The molecular formula is C21H22F2. The molecule has 0 saturated heterocycles. The van der Waals surface area contributed by atoms with Crippen molar-refractivity contribution >= 4 is 0 Å². The Hall–Kier alpha value is -1.96. The highest BCUT2D eigenvalue weighted by molar-refractivity contribution is 5.63. The fourth-order valence-corrected chi connectivity index (χ4v) is 3.57. The molecule has 0 spiro atoms. The third-order valence-electron chi connectivity index (χ3n) is 4.96. The molecule has 1 aliphatic rings. The smallest absolute Gasteiger partial charge is 0.123 e. The minimum Gasteiger partial charge on any atom is -0.216 e. The van der Waals surface area contributed by atoms with Crippen molar-refractivity contribution < 1.29 is 8.78 Å². The van der Waals surface area contributed by atoms with E-state index in [1.807, 2.05) is 12.1 Å². The summed E-state index contributed by atoms with van der Waals surface area (Å²) in [4.78, 5) is 0. The number of rotatable bonds is 4. The van der Waals surface area contributed by atoms with E-state index >= 15 is 0 Å². The van der Waals surface area contributed by atoms with Gasteiger partial charge in [-0.3, -0.25) is 0 Å². The van der Waals surface area contributed by atoms with Gasteiger partial charge in [0.1, 0.15) is 5.82 Å². The Kier molecular flexibility index (Phi) is 5.22. The Bertz CT molecular complexity index is 633. The molecule has 0 aliphatic heterocycles. The molecule has 0 radical (unpaired) electrons. The van der Waals surface area contributed by atoms with Crippen LogP contribution in [-0.2, 0) is 0 Å². The minimum atomic E-state index is -0.204. The van der Waals surface area contributed by atoms with Gasteiger partial charge in [0.2, 0.25) is 0 Å². The standard InChI is InChI=1S/C21H22F2/c22-15-1-2-16-3-5-17(6-4-16)18-7-9-19(10-8-18)20-11-13-21(23)14-12-20/h1,7-17H,2-6H2. The summed E-state index contributed by atoms with van der Waals surface area (Å²) in [5.74, 6) is 1.05. The summed E-state index contributed by atoms with van der Waals surface area (Å²) < 4.78 is 25.1. The molecule has 0 bridgehead atoms. The van der Waals surface area contributed by atoms with Crippen LogP contribution in [0.25, 0.3) is 11.1 Å². The molecule has 2 aromatic carbocycles. The summed E-state index contributed by atoms with van der Waals surface area (Å²) in [6, 6.07) is 15.3. The molecule has 0 nitrogen and oxygen atoms in total. The Morgan fingerprint density at radius 1 is 0.826 bits per heavy atom. The third-order valence-corrected chi connectivity index (χ3v) is 4.96. The molecule has 1 fully saturated rings. The molecule has 0 unspecified atom stereocenters. The summed E-state index contributed by atoms with van der Waals surface area (Å²) in [5.41, 5.74) is 3.55. The van der Waals surface area contributed by atoms with Crippen LogP contribution in [0.1, 0.15) is 43.6 Å². The highest BCUT2D eigenvalue weighted by Crippen LogP contribution is 2.37. The second kappa shape index (κ2) is 7.54. The number of hydrogen-bond acceptors (Lipinski definition) is 0. The lowest BCUT2D eigenvalue weighted by Crippen LogP contribution is -2.12. The number of halogens is 2. The van der Waals surface area contributed by atoms with E-state index < -0.39 is 0 Å². The van der Waals surface area contributed by atoms with E-state index in [-0.39, 0.29) is 5.82 Å². The first-order chi connectivity index (χ1) is 11.3. The van der Waals surface area contributed by atoms with Gasteiger partial charge in [0.25, 0.3) is 0 Å². The van der Waals surface area contributed by atoms with Crippen molar-refractivity contribution in [2.45, 2.75) is 38.0 Å². The lowest BCUT2D eigenvalue weighted by molar-refractivity contribution is 0.327. The van der Waals surface area contributed by atoms with Crippen LogP contribution in [0.15, 0.2) is 60.9 Å². The Balaban J connectivity index is 1.63. The molecular weight excluding hydrogens is 290 g/mol. The normalized spacial score (nSPS) is 21.7. The molecule has 1 aliphatic carbocycles. The van der Waals surface area contributed by atoms with E-state index in [4.69, 9.17) is 0 Å². The number of hydrogen-bond donors (Lipinski definition) is 0. The van der Waals surface area contributed by atoms with E-state index in [0.717, 1.165) is 17.5 Å². The molecule has 2 aromatic rings. The van der Waals surface area contributed by atoms with Gasteiger partial charge in [-0.2, -0.15) is 0 Å². The molecule has 0 N–H and O–H groups in total. The minimum absolute atomic E-state index is 0.204. The maximum Gasteiger partial charge on any atom is 0.123 e. The molecule has 2 heteroatoms. The van der Waals surface area contributed by atoms with Crippen molar-refractivity contribution in [3.63, 3.8) is 0 Å². The van der Waals surface area contributed by atoms with Gasteiger partial charge in [0.15, 0.2) is 0 Å². The summed E-state index contributed by atoms with van der Waals surface area (Å²) >= 11 is 0. The van der Waals surface area contributed by atoms with Crippen LogP contribution in [0.2, 0.25) is 0 Å². The van der Waals surface area contributed by atoms with Crippen molar-refractivity contribution in [1.29, 1.82) is 0 Å². The monoisotopic (exact) mass is 312 g/mol. The maximum atomic E-state index is 13.0. The van der Waals surface area contributed by atoms with Crippen LogP contribution in [-0.4, -0.2) is 0 Å². The first-order valence-electron chi connectivity index (χ1n) is 8.37. The van der Waals surface area contributed by atoms with Gasteiger partial charge in [-0.1, -0.05) is 42.5 Å². The van der Waals surface area contributed by atoms with Gasteiger partial charge in [-0.15, -0.1) is 0 Å². The molecule has 0 atom stereocenters. The lowest BCUT2D eigenvalue weighted by Gasteiger charge is -2.28. The van der Waals surface area contributed by atoms with Crippen LogP contribution in [0.3, 0.4) is 0 Å².